The van der Waals surface area contributed by atoms with Crippen molar-refractivity contribution < 1.29 is 18.7 Å². The Hall–Kier alpha value is -0.830. The van der Waals surface area contributed by atoms with Gasteiger partial charge < -0.3 is 24.4 Å². The molecule has 0 aliphatic carbocycles. The fraction of sp³-hybridized carbons (Fsp3) is 0.667. The summed E-state index contributed by atoms with van der Waals surface area (Å²) in [4.78, 5) is 25.3. The number of anilines is 1. The molecule has 1 aromatic heterocycles. The molecule has 0 radical (unpaired) electrons. The molecule has 8 nitrogen and oxygen atoms in total. The molecule has 0 spiro atoms. The molecule has 10 heteroatoms. The van der Waals surface area contributed by atoms with Gasteiger partial charge in [0.15, 0.2) is 0 Å². The van der Waals surface area contributed by atoms with Crippen molar-refractivity contribution in [1.29, 1.82) is 0 Å². The second-order valence-electron chi connectivity index (χ2n) is 5.25. The van der Waals surface area contributed by atoms with Crippen LogP contribution in [0.4, 0.5) is 5.82 Å². The highest BCUT2D eigenvalue weighted by Crippen LogP contribution is 2.45. The van der Waals surface area contributed by atoms with Gasteiger partial charge in [-0.2, -0.15) is 4.98 Å². The smallest absolute Gasteiger partial charge is 0.351 e. The maximum Gasteiger partial charge on any atom is 0.351 e. The van der Waals surface area contributed by atoms with E-state index < -0.39 is 18.6 Å². The molecule has 3 atom stereocenters. The van der Waals surface area contributed by atoms with Crippen molar-refractivity contribution in [3.8, 4) is 0 Å². The van der Waals surface area contributed by atoms with E-state index in [-0.39, 0.29) is 24.6 Å². The van der Waals surface area contributed by atoms with Gasteiger partial charge >= 0.3 is 12.4 Å². The Kier molecular flexibility index (Phi) is 5.70. The number of rotatable bonds is 6. The second-order valence-corrected chi connectivity index (χ2v) is 8.04. The molecule has 0 saturated carbocycles. The summed E-state index contributed by atoms with van der Waals surface area (Å²) in [6.45, 7) is 0.400. The van der Waals surface area contributed by atoms with Gasteiger partial charge in [0, 0.05) is 6.20 Å². The molecule has 1 saturated heterocycles. The average Bonchev–Trinajstić information content (AvgIpc) is 2.83. The third-order valence-corrected chi connectivity index (χ3v) is 4.75. The van der Waals surface area contributed by atoms with Crippen molar-refractivity contribution in [1.82, 2.24) is 9.55 Å². The minimum absolute atomic E-state index is 0.119. The molecule has 2 unspecified atom stereocenters. The first-order chi connectivity index (χ1) is 10.3. The lowest BCUT2D eigenvalue weighted by atomic mass is 10.2. The van der Waals surface area contributed by atoms with Gasteiger partial charge in [0.2, 0.25) is 0 Å². The van der Waals surface area contributed by atoms with Crippen LogP contribution in [0, 0.1) is 0 Å². The Morgan fingerprint density at radius 3 is 3.00 bits per heavy atom. The van der Waals surface area contributed by atoms with E-state index in [0.29, 0.717) is 12.8 Å². The third kappa shape index (κ3) is 4.84. The van der Waals surface area contributed by atoms with E-state index in [1.165, 1.54) is 4.57 Å². The second kappa shape index (κ2) is 7.16. The summed E-state index contributed by atoms with van der Waals surface area (Å²) in [5, 5.41) is 0. The molecule has 1 aliphatic rings. The monoisotopic (exact) mass is 349 g/mol. The summed E-state index contributed by atoms with van der Waals surface area (Å²) in [7, 11) is 0. The zero-order chi connectivity index (χ0) is 16.3. The SMILES string of the molecule is CC(C)OP(O)(=S)OC[C@@H]1CCC(n2ccc(N)nc2=O)O1. The molecule has 1 aliphatic heterocycles. The zero-order valence-electron chi connectivity index (χ0n) is 12.4. The number of nitrogens with zero attached hydrogens (tertiary/aromatic N) is 2. The Bertz CT molecular complexity index is 623. The number of nitrogens with two attached hydrogens (primary N) is 1. The fourth-order valence-electron chi connectivity index (χ4n) is 2.13. The highest BCUT2D eigenvalue weighted by Gasteiger charge is 2.29. The van der Waals surface area contributed by atoms with Crippen LogP contribution in [-0.4, -0.2) is 33.3 Å². The van der Waals surface area contributed by atoms with Crippen molar-refractivity contribution in [2.45, 2.75) is 45.1 Å². The number of nitrogen functional groups attached to an aromatic ring is 1. The Labute approximate surface area is 133 Å². The van der Waals surface area contributed by atoms with Gasteiger partial charge in [0.1, 0.15) is 12.0 Å². The van der Waals surface area contributed by atoms with Gasteiger partial charge in [-0.15, -0.1) is 0 Å². The number of aromatic nitrogens is 2. The molecular formula is C12H20N3O5PS. The average molecular weight is 349 g/mol. The maximum atomic E-state index is 11.8. The third-order valence-electron chi connectivity index (χ3n) is 3.01. The molecule has 1 aromatic rings. The van der Waals surface area contributed by atoms with Gasteiger partial charge in [0.05, 0.1) is 18.8 Å². The van der Waals surface area contributed by atoms with Crippen LogP contribution in [0.15, 0.2) is 17.1 Å². The van der Waals surface area contributed by atoms with E-state index in [9.17, 15) is 9.69 Å². The lowest BCUT2D eigenvalue weighted by molar-refractivity contribution is -0.0235. The summed E-state index contributed by atoms with van der Waals surface area (Å²) in [5.74, 6) is 0.172. The first-order valence-electron chi connectivity index (χ1n) is 6.92. The van der Waals surface area contributed by atoms with Crippen LogP contribution in [0.25, 0.3) is 0 Å². The number of ether oxygens (including phenoxy) is 1. The largest absolute Gasteiger partial charge is 0.383 e. The van der Waals surface area contributed by atoms with Crippen molar-refractivity contribution in [3.63, 3.8) is 0 Å². The van der Waals surface area contributed by atoms with Crippen molar-refractivity contribution in [3.05, 3.63) is 22.7 Å². The molecule has 3 N–H and O–H groups in total. The summed E-state index contributed by atoms with van der Waals surface area (Å²) in [6, 6.07) is 1.54. The fourth-order valence-corrected chi connectivity index (χ4v) is 3.78. The van der Waals surface area contributed by atoms with Crippen LogP contribution in [0.2, 0.25) is 0 Å². The Morgan fingerprint density at radius 2 is 2.36 bits per heavy atom. The van der Waals surface area contributed by atoms with E-state index in [2.05, 4.69) is 4.98 Å². The summed E-state index contributed by atoms with van der Waals surface area (Å²) in [6.07, 6.45) is 1.97. The standard InChI is InChI=1S/C12H20N3O5PS/c1-8(2)20-21(17,22)18-7-9-3-4-11(19-9)15-6-5-10(13)14-12(15)16/h5-6,8-9,11H,3-4,7H2,1-2H3,(H,17,22)(H2,13,14,16)/t9-,11?,21?/m0/s1. The van der Waals surface area contributed by atoms with Crippen molar-refractivity contribution in [2.24, 2.45) is 0 Å². The van der Waals surface area contributed by atoms with Crippen molar-refractivity contribution in [2.75, 3.05) is 12.3 Å². The molecule has 0 amide bonds. The number of hydrogen-bond donors (Lipinski definition) is 2. The van der Waals surface area contributed by atoms with E-state index in [0.717, 1.165) is 0 Å². The van der Waals surface area contributed by atoms with Crippen LogP contribution in [0.5, 0.6) is 0 Å². The van der Waals surface area contributed by atoms with Crippen LogP contribution in [-0.2, 0) is 25.6 Å². The predicted octanol–water partition coefficient (Wildman–Crippen LogP) is 1.16. The van der Waals surface area contributed by atoms with Crippen molar-refractivity contribution >= 4 is 24.3 Å². The highest BCUT2D eigenvalue weighted by atomic mass is 32.5. The maximum absolute atomic E-state index is 11.8. The molecule has 0 aromatic carbocycles. The van der Waals surface area contributed by atoms with E-state index in [4.69, 9.17) is 31.3 Å². The van der Waals surface area contributed by atoms with E-state index >= 15 is 0 Å². The topological polar surface area (TPSA) is 109 Å². The molecular weight excluding hydrogens is 329 g/mol. The lowest BCUT2D eigenvalue weighted by Crippen LogP contribution is -2.27. The number of hydrogen-bond acceptors (Lipinski definition) is 7. The normalized spacial score (nSPS) is 24.5. The van der Waals surface area contributed by atoms with Gasteiger partial charge in [-0.05, 0) is 44.6 Å². The van der Waals surface area contributed by atoms with Gasteiger partial charge in [-0.1, -0.05) is 0 Å². The lowest BCUT2D eigenvalue weighted by Gasteiger charge is -2.20. The van der Waals surface area contributed by atoms with Gasteiger partial charge in [-0.3, -0.25) is 4.57 Å². The first kappa shape index (κ1) is 17.5. The quantitative estimate of drug-likeness (QED) is 0.737. The molecule has 2 heterocycles. The predicted molar refractivity (Wildman–Crippen MR) is 84.7 cm³/mol. The van der Waals surface area contributed by atoms with Gasteiger partial charge in [-0.25, -0.2) is 4.79 Å². The highest BCUT2D eigenvalue weighted by molar-refractivity contribution is 8.07. The van der Waals surface area contributed by atoms with E-state index in [1.54, 1.807) is 26.1 Å². The summed E-state index contributed by atoms with van der Waals surface area (Å²) < 4.78 is 17.6. The molecule has 124 valence electrons. The van der Waals surface area contributed by atoms with Crippen LogP contribution in [0.3, 0.4) is 0 Å². The minimum Gasteiger partial charge on any atom is -0.383 e. The first-order valence-corrected chi connectivity index (χ1v) is 9.52. The van der Waals surface area contributed by atoms with Gasteiger partial charge in [0.25, 0.3) is 0 Å². The van der Waals surface area contributed by atoms with Crippen LogP contribution >= 0.6 is 6.72 Å². The Morgan fingerprint density at radius 1 is 1.64 bits per heavy atom. The summed E-state index contributed by atoms with van der Waals surface area (Å²) >= 11 is 4.90. The summed E-state index contributed by atoms with van der Waals surface area (Å²) in [5.41, 5.74) is 5.00. The van der Waals surface area contributed by atoms with Crippen LogP contribution < -0.4 is 11.4 Å². The molecule has 22 heavy (non-hydrogen) atoms. The van der Waals surface area contributed by atoms with Crippen LogP contribution in [0.1, 0.15) is 32.9 Å². The van der Waals surface area contributed by atoms with E-state index in [1.807, 2.05) is 0 Å². The zero-order valence-corrected chi connectivity index (χ0v) is 14.1. The Balaban J connectivity index is 1.90. The molecule has 1 fully saturated rings. The molecule has 2 rings (SSSR count). The molecule has 0 bridgehead atoms. The minimum atomic E-state index is -3.25.